The van der Waals surface area contributed by atoms with Crippen LogP contribution in [-0.4, -0.2) is 11.1 Å². The molecule has 0 saturated heterocycles. The van der Waals surface area contributed by atoms with Crippen molar-refractivity contribution >= 4 is 5.97 Å². The summed E-state index contributed by atoms with van der Waals surface area (Å²) in [5.41, 5.74) is 0. The third-order valence-corrected chi connectivity index (χ3v) is 5.65. The second kappa shape index (κ2) is 24.2. The van der Waals surface area contributed by atoms with E-state index in [0.717, 1.165) is 25.7 Å². The monoisotopic (exact) mass is 394 g/mol. The Hall–Kier alpha value is -0.790. The van der Waals surface area contributed by atoms with Crippen LogP contribution in [0.3, 0.4) is 0 Å². The lowest BCUT2D eigenvalue weighted by Crippen LogP contribution is -1.93. The van der Waals surface area contributed by atoms with Crippen LogP contribution >= 0.6 is 0 Å². The van der Waals surface area contributed by atoms with Gasteiger partial charge in [0.2, 0.25) is 0 Å². The molecule has 28 heavy (non-hydrogen) atoms. The van der Waals surface area contributed by atoms with E-state index in [1.165, 1.54) is 109 Å². The second-order valence-electron chi connectivity index (χ2n) is 8.56. The molecular weight excluding hydrogens is 344 g/mol. The zero-order chi connectivity index (χ0) is 20.5. The molecule has 0 aliphatic rings. The third kappa shape index (κ3) is 25.2. The summed E-state index contributed by atoms with van der Waals surface area (Å²) in [6.07, 6.45) is 33.1. The maximum atomic E-state index is 10.4. The van der Waals surface area contributed by atoms with E-state index >= 15 is 0 Å². The van der Waals surface area contributed by atoms with Crippen molar-refractivity contribution in [2.45, 2.75) is 148 Å². The highest BCUT2D eigenvalue weighted by Crippen LogP contribution is 2.14. The molecule has 0 saturated carbocycles. The van der Waals surface area contributed by atoms with E-state index in [4.69, 9.17) is 5.11 Å². The van der Waals surface area contributed by atoms with Crippen molar-refractivity contribution in [3.8, 4) is 0 Å². The average molecular weight is 395 g/mol. The van der Waals surface area contributed by atoms with Gasteiger partial charge in [-0.05, 0) is 32.1 Å². The van der Waals surface area contributed by atoms with Crippen LogP contribution in [-0.2, 0) is 4.79 Å². The SMILES string of the molecule is CCCCCCCCCCCCCCCCCC/C=C/CCCCCC(=O)O. The Morgan fingerprint density at radius 2 is 0.857 bits per heavy atom. The van der Waals surface area contributed by atoms with Gasteiger partial charge in [-0.1, -0.05) is 122 Å². The fourth-order valence-corrected chi connectivity index (χ4v) is 3.76. The van der Waals surface area contributed by atoms with Gasteiger partial charge >= 0.3 is 5.97 Å². The normalized spacial score (nSPS) is 11.5. The topological polar surface area (TPSA) is 37.3 Å². The molecule has 2 nitrogen and oxygen atoms in total. The molecule has 0 heterocycles. The number of carboxylic acids is 1. The van der Waals surface area contributed by atoms with Crippen LogP contribution in [0.15, 0.2) is 12.2 Å². The van der Waals surface area contributed by atoms with E-state index in [-0.39, 0.29) is 0 Å². The fraction of sp³-hybridized carbons (Fsp3) is 0.885. The first-order valence-electron chi connectivity index (χ1n) is 12.6. The lowest BCUT2D eigenvalue weighted by atomic mass is 10.0. The van der Waals surface area contributed by atoms with Crippen molar-refractivity contribution < 1.29 is 9.90 Å². The van der Waals surface area contributed by atoms with Crippen molar-refractivity contribution in [2.24, 2.45) is 0 Å². The standard InChI is InChI=1S/C26H50O2/c1-2-3-4-5-6-7-8-9-10-11-12-13-14-15-16-17-18-19-20-21-22-23-24-25-26(27)28/h19-20H,2-18,21-25H2,1H3,(H,27,28)/b20-19+. The number of carbonyl (C=O) groups is 1. The van der Waals surface area contributed by atoms with Crippen LogP contribution in [0.4, 0.5) is 0 Å². The zero-order valence-corrected chi connectivity index (χ0v) is 19.1. The molecule has 0 aliphatic heterocycles. The van der Waals surface area contributed by atoms with Gasteiger partial charge < -0.3 is 5.11 Å². The molecule has 1 N–H and O–H groups in total. The maximum Gasteiger partial charge on any atom is 0.303 e. The van der Waals surface area contributed by atoms with Gasteiger partial charge in [0, 0.05) is 6.42 Å². The van der Waals surface area contributed by atoms with Crippen molar-refractivity contribution in [1.82, 2.24) is 0 Å². The minimum atomic E-state index is -0.668. The van der Waals surface area contributed by atoms with E-state index in [2.05, 4.69) is 19.1 Å². The Balaban J connectivity index is 3.06. The van der Waals surface area contributed by atoms with Crippen LogP contribution in [0.5, 0.6) is 0 Å². The first-order valence-corrected chi connectivity index (χ1v) is 12.6. The van der Waals surface area contributed by atoms with Gasteiger partial charge in [-0.2, -0.15) is 0 Å². The summed E-state index contributed by atoms with van der Waals surface area (Å²) >= 11 is 0. The number of unbranched alkanes of at least 4 members (excludes halogenated alkanes) is 19. The van der Waals surface area contributed by atoms with E-state index in [1.807, 2.05) is 0 Å². The minimum absolute atomic E-state index is 0.322. The summed E-state index contributed by atoms with van der Waals surface area (Å²) in [5, 5.41) is 8.57. The largest absolute Gasteiger partial charge is 0.481 e. The molecule has 0 rings (SSSR count). The van der Waals surface area contributed by atoms with Crippen molar-refractivity contribution in [3.63, 3.8) is 0 Å². The van der Waals surface area contributed by atoms with E-state index < -0.39 is 5.97 Å². The highest BCUT2D eigenvalue weighted by atomic mass is 16.4. The number of hydrogen-bond acceptors (Lipinski definition) is 1. The smallest absolute Gasteiger partial charge is 0.303 e. The van der Waals surface area contributed by atoms with E-state index in [9.17, 15) is 4.79 Å². The molecule has 0 aliphatic carbocycles. The van der Waals surface area contributed by atoms with Gasteiger partial charge in [-0.15, -0.1) is 0 Å². The summed E-state index contributed by atoms with van der Waals surface area (Å²) in [6.45, 7) is 2.29. The van der Waals surface area contributed by atoms with E-state index in [1.54, 1.807) is 0 Å². The van der Waals surface area contributed by atoms with E-state index in [0.29, 0.717) is 6.42 Å². The third-order valence-electron chi connectivity index (χ3n) is 5.65. The quantitative estimate of drug-likeness (QED) is 0.138. The van der Waals surface area contributed by atoms with Gasteiger partial charge in [0.25, 0.3) is 0 Å². The Morgan fingerprint density at radius 3 is 1.21 bits per heavy atom. The zero-order valence-electron chi connectivity index (χ0n) is 19.1. The predicted octanol–water partition coefficient (Wildman–Crippen LogP) is 9.23. The number of carboxylic acid groups (broad SMARTS) is 1. The number of aliphatic carboxylic acids is 1. The van der Waals surface area contributed by atoms with Gasteiger partial charge in [0.05, 0.1) is 0 Å². The molecule has 2 heteroatoms. The summed E-state index contributed by atoms with van der Waals surface area (Å²) in [6, 6.07) is 0. The summed E-state index contributed by atoms with van der Waals surface area (Å²) in [7, 11) is 0. The van der Waals surface area contributed by atoms with Gasteiger partial charge in [-0.25, -0.2) is 0 Å². The summed E-state index contributed by atoms with van der Waals surface area (Å²) in [5.74, 6) is -0.668. The van der Waals surface area contributed by atoms with Crippen LogP contribution in [0, 0.1) is 0 Å². The molecule has 0 radical (unpaired) electrons. The summed E-state index contributed by atoms with van der Waals surface area (Å²) in [4.78, 5) is 10.4. The number of rotatable bonds is 23. The summed E-state index contributed by atoms with van der Waals surface area (Å²) < 4.78 is 0. The van der Waals surface area contributed by atoms with Gasteiger partial charge in [0.1, 0.15) is 0 Å². The highest BCUT2D eigenvalue weighted by molar-refractivity contribution is 5.66. The average Bonchev–Trinajstić information content (AvgIpc) is 2.68. The number of allylic oxidation sites excluding steroid dienone is 2. The Morgan fingerprint density at radius 1 is 0.536 bits per heavy atom. The molecule has 0 aromatic heterocycles. The molecule has 0 fully saturated rings. The lowest BCUT2D eigenvalue weighted by molar-refractivity contribution is -0.137. The Bertz CT molecular complexity index is 335. The molecular formula is C26H50O2. The Kier molecular flexibility index (Phi) is 23.6. The molecule has 0 unspecified atom stereocenters. The first kappa shape index (κ1) is 27.2. The molecule has 0 aromatic carbocycles. The van der Waals surface area contributed by atoms with Crippen molar-refractivity contribution in [2.75, 3.05) is 0 Å². The maximum absolute atomic E-state index is 10.4. The highest BCUT2D eigenvalue weighted by Gasteiger charge is 1.96. The molecule has 0 atom stereocenters. The van der Waals surface area contributed by atoms with Crippen LogP contribution in [0.25, 0.3) is 0 Å². The van der Waals surface area contributed by atoms with Crippen molar-refractivity contribution in [3.05, 3.63) is 12.2 Å². The Labute approximate surface area is 176 Å². The van der Waals surface area contributed by atoms with Gasteiger partial charge in [0.15, 0.2) is 0 Å². The second-order valence-corrected chi connectivity index (χ2v) is 8.56. The lowest BCUT2D eigenvalue weighted by Gasteiger charge is -2.03. The van der Waals surface area contributed by atoms with Crippen molar-refractivity contribution in [1.29, 1.82) is 0 Å². The molecule has 0 aromatic rings. The van der Waals surface area contributed by atoms with Gasteiger partial charge in [-0.3, -0.25) is 4.79 Å². The predicted molar refractivity (Wildman–Crippen MR) is 124 cm³/mol. The molecule has 0 bridgehead atoms. The van der Waals surface area contributed by atoms with Crippen LogP contribution in [0.1, 0.15) is 148 Å². The fourth-order valence-electron chi connectivity index (χ4n) is 3.76. The molecule has 166 valence electrons. The number of hydrogen-bond donors (Lipinski definition) is 1. The van der Waals surface area contributed by atoms with Crippen LogP contribution < -0.4 is 0 Å². The molecule has 0 amide bonds. The first-order chi connectivity index (χ1) is 13.8. The minimum Gasteiger partial charge on any atom is -0.481 e. The molecule has 0 spiro atoms. The van der Waals surface area contributed by atoms with Crippen LogP contribution in [0.2, 0.25) is 0 Å².